The molecule has 12 heteroatoms. The van der Waals surface area contributed by atoms with Gasteiger partial charge < -0.3 is 4.74 Å². The Morgan fingerprint density at radius 2 is 1.87 bits per heavy atom. The van der Waals surface area contributed by atoms with Crippen molar-refractivity contribution >= 4 is 49.9 Å². The molecule has 2 aliphatic rings. The largest absolute Gasteiger partial charge is 0.426 e. The first-order valence-electron chi connectivity index (χ1n) is 12.0. The Hall–Kier alpha value is -4.58. The van der Waals surface area contributed by atoms with Gasteiger partial charge in [0.25, 0.3) is 11.6 Å². The van der Waals surface area contributed by atoms with Crippen molar-refractivity contribution in [2.75, 3.05) is 5.01 Å². The Morgan fingerprint density at radius 1 is 1.15 bits per heavy atom. The second-order valence-electron chi connectivity index (χ2n) is 9.72. The highest BCUT2D eigenvalue weighted by Gasteiger charge is 2.42. The quantitative estimate of drug-likeness (QED) is 0.147. The molecule has 0 saturated heterocycles. The molecule has 0 radical (unpaired) electrons. The molecule has 0 N–H and O–H groups in total. The number of anilines is 1. The third kappa shape index (κ3) is 4.42. The predicted molar refractivity (Wildman–Crippen MR) is 145 cm³/mol. The standard InChI is InChI=1S/C27H24N4O7S/c1-17-5-4-13-27(3,16-17)39(36,37)29-14-12-19-6-7-21(15-23(19)29)30-25(32)24(18(2)28-30)26(33)38-22-10-8-20(9-11-22)31(34)35/h4-15,24H,16H2,1-3H3. The number of benzene rings is 2. The number of carbonyl (C=O) groups excluding carboxylic acids is 2. The van der Waals surface area contributed by atoms with Crippen LogP contribution in [0.2, 0.25) is 0 Å². The van der Waals surface area contributed by atoms with E-state index in [2.05, 4.69) is 5.10 Å². The first-order chi connectivity index (χ1) is 18.4. The van der Waals surface area contributed by atoms with Crippen LogP contribution < -0.4 is 9.75 Å². The maximum absolute atomic E-state index is 13.7. The zero-order valence-electron chi connectivity index (χ0n) is 21.3. The monoisotopic (exact) mass is 548 g/mol. The number of carbonyl (C=O) groups is 2. The molecule has 2 heterocycles. The third-order valence-electron chi connectivity index (χ3n) is 6.83. The van der Waals surface area contributed by atoms with Crippen LogP contribution in [0.15, 0.2) is 83.6 Å². The fraction of sp³-hybridized carbons (Fsp3) is 0.222. The highest BCUT2D eigenvalue weighted by molar-refractivity contribution is 7.91. The summed E-state index contributed by atoms with van der Waals surface area (Å²) < 4.78 is 32.8. The van der Waals surface area contributed by atoms with E-state index < -0.39 is 37.5 Å². The SMILES string of the molecule is CC1=CC=CC(C)(S(=O)(=O)n2ccc3ccc(N4N=C(C)C(C(=O)Oc5ccc([N+](=O)[O-])cc5)C4=O)cc32)C1. The van der Waals surface area contributed by atoms with Gasteiger partial charge in [0.1, 0.15) is 10.5 Å². The third-order valence-corrected chi connectivity index (χ3v) is 9.12. The van der Waals surface area contributed by atoms with Crippen LogP contribution >= 0.6 is 0 Å². The van der Waals surface area contributed by atoms with E-state index in [4.69, 9.17) is 4.74 Å². The van der Waals surface area contributed by atoms with Crippen LogP contribution in [0.4, 0.5) is 11.4 Å². The molecule has 0 spiro atoms. The first kappa shape index (κ1) is 26.0. The molecule has 200 valence electrons. The maximum atomic E-state index is 13.7. The molecule has 11 nitrogen and oxygen atoms in total. The average Bonchev–Trinajstić information content (AvgIpc) is 3.44. The number of hydrogen-bond acceptors (Lipinski definition) is 8. The highest BCUT2D eigenvalue weighted by atomic mass is 32.2. The van der Waals surface area contributed by atoms with Crippen molar-refractivity contribution in [1.82, 2.24) is 3.97 Å². The molecular formula is C27H24N4O7S. The molecule has 2 aromatic carbocycles. The van der Waals surface area contributed by atoms with Crippen LogP contribution in [0.25, 0.3) is 10.9 Å². The fourth-order valence-corrected chi connectivity index (χ4v) is 6.50. The topological polar surface area (TPSA) is 141 Å². The zero-order chi connectivity index (χ0) is 28.1. The van der Waals surface area contributed by atoms with E-state index in [0.29, 0.717) is 17.3 Å². The van der Waals surface area contributed by atoms with Gasteiger partial charge in [-0.15, -0.1) is 0 Å². The number of aromatic nitrogens is 1. The summed E-state index contributed by atoms with van der Waals surface area (Å²) in [4.78, 5) is 36.4. The lowest BCUT2D eigenvalue weighted by molar-refractivity contribution is -0.384. The minimum atomic E-state index is -3.88. The summed E-state index contributed by atoms with van der Waals surface area (Å²) in [5.74, 6) is -2.83. The minimum absolute atomic E-state index is 0.0458. The highest BCUT2D eigenvalue weighted by Crippen LogP contribution is 2.35. The van der Waals surface area contributed by atoms with E-state index in [1.165, 1.54) is 41.4 Å². The van der Waals surface area contributed by atoms with E-state index in [1.54, 1.807) is 43.3 Å². The van der Waals surface area contributed by atoms with E-state index in [1.807, 2.05) is 13.0 Å². The van der Waals surface area contributed by atoms with E-state index in [9.17, 15) is 28.1 Å². The molecule has 0 saturated carbocycles. The summed E-state index contributed by atoms with van der Waals surface area (Å²) in [6, 6.07) is 11.4. The average molecular weight is 549 g/mol. The Kier molecular flexibility index (Phi) is 6.22. The second kappa shape index (κ2) is 9.31. The molecule has 0 fully saturated rings. The second-order valence-corrected chi connectivity index (χ2v) is 12.0. The summed E-state index contributed by atoms with van der Waals surface area (Å²) in [6.45, 7) is 5.06. The van der Waals surface area contributed by atoms with Crippen molar-refractivity contribution in [3.8, 4) is 5.75 Å². The zero-order valence-corrected chi connectivity index (χ0v) is 22.1. The number of hydrogen-bond donors (Lipinski definition) is 0. The number of hydrazone groups is 1. The van der Waals surface area contributed by atoms with Crippen molar-refractivity contribution < 1.29 is 27.7 Å². The summed E-state index contributed by atoms with van der Waals surface area (Å²) in [5, 5.41) is 16.8. The van der Waals surface area contributed by atoms with E-state index >= 15 is 0 Å². The first-order valence-corrected chi connectivity index (χ1v) is 13.4. The molecule has 2 unspecified atom stereocenters. The molecule has 1 amide bonds. The van der Waals surface area contributed by atoms with Crippen LogP contribution in [0.3, 0.4) is 0 Å². The van der Waals surface area contributed by atoms with Crippen molar-refractivity contribution in [1.29, 1.82) is 0 Å². The van der Waals surface area contributed by atoms with Crippen LogP contribution in [0.1, 0.15) is 27.2 Å². The fourth-order valence-electron chi connectivity index (χ4n) is 4.76. The maximum Gasteiger partial charge on any atom is 0.329 e. The van der Waals surface area contributed by atoms with Crippen molar-refractivity contribution in [2.45, 2.75) is 31.9 Å². The number of esters is 1. The Morgan fingerprint density at radius 3 is 2.54 bits per heavy atom. The van der Waals surface area contributed by atoms with Gasteiger partial charge in [0, 0.05) is 23.7 Å². The lowest BCUT2D eigenvalue weighted by atomic mass is 9.96. The number of nitrogens with zero attached hydrogens (tertiary/aromatic N) is 4. The molecule has 5 rings (SSSR count). The molecule has 1 aromatic heterocycles. The number of allylic oxidation sites excluding steroid dienone is 3. The van der Waals surface area contributed by atoms with Gasteiger partial charge in [-0.2, -0.15) is 10.1 Å². The van der Waals surface area contributed by atoms with Gasteiger partial charge in [0.15, 0.2) is 5.92 Å². The number of amides is 1. The Balaban J connectivity index is 1.42. The molecule has 39 heavy (non-hydrogen) atoms. The summed E-state index contributed by atoms with van der Waals surface area (Å²) in [7, 11) is -3.88. The molecule has 1 aliphatic heterocycles. The number of rotatable bonds is 6. The number of nitro groups is 1. The van der Waals surface area contributed by atoms with Crippen LogP contribution in [0, 0.1) is 16.0 Å². The smallest absolute Gasteiger partial charge is 0.329 e. The predicted octanol–water partition coefficient (Wildman–Crippen LogP) is 4.34. The van der Waals surface area contributed by atoms with Crippen LogP contribution in [-0.2, 0) is 19.6 Å². The lowest BCUT2D eigenvalue weighted by Crippen LogP contribution is -2.38. The molecule has 0 bridgehead atoms. The number of fused-ring (bicyclic) bond motifs is 1. The molecular weight excluding hydrogens is 524 g/mol. The van der Waals surface area contributed by atoms with Gasteiger partial charge in [0.05, 0.1) is 21.8 Å². The Labute approximate surface area is 223 Å². The van der Waals surface area contributed by atoms with Crippen molar-refractivity contribution in [3.05, 3.63) is 88.6 Å². The van der Waals surface area contributed by atoms with Gasteiger partial charge in [-0.1, -0.05) is 29.9 Å². The summed E-state index contributed by atoms with van der Waals surface area (Å²) >= 11 is 0. The number of non-ortho nitro benzene ring substituents is 1. The van der Waals surface area contributed by atoms with Gasteiger partial charge in [-0.3, -0.25) is 19.7 Å². The van der Waals surface area contributed by atoms with E-state index in [0.717, 1.165) is 10.6 Å². The van der Waals surface area contributed by atoms with Crippen LogP contribution in [0.5, 0.6) is 5.75 Å². The normalized spacial score (nSPS) is 21.2. The van der Waals surface area contributed by atoms with E-state index in [-0.39, 0.29) is 22.8 Å². The van der Waals surface area contributed by atoms with Gasteiger partial charge >= 0.3 is 5.97 Å². The van der Waals surface area contributed by atoms with Gasteiger partial charge in [-0.25, -0.2) is 12.4 Å². The molecule has 1 aliphatic carbocycles. The Bertz CT molecular complexity index is 1730. The lowest BCUT2D eigenvalue weighted by Gasteiger charge is -2.29. The van der Waals surface area contributed by atoms with Crippen molar-refractivity contribution in [3.63, 3.8) is 0 Å². The van der Waals surface area contributed by atoms with Gasteiger partial charge in [0.2, 0.25) is 10.0 Å². The van der Waals surface area contributed by atoms with Crippen molar-refractivity contribution in [2.24, 2.45) is 11.0 Å². The molecule has 3 aromatic rings. The number of nitro benzene ring substituents is 1. The van der Waals surface area contributed by atoms with Crippen LogP contribution in [-0.4, -0.2) is 39.6 Å². The molecule has 2 atom stereocenters. The summed E-state index contributed by atoms with van der Waals surface area (Å²) in [6.07, 6.45) is 7.12. The minimum Gasteiger partial charge on any atom is -0.426 e. The van der Waals surface area contributed by atoms with Gasteiger partial charge in [-0.05, 0) is 57.5 Å². The summed E-state index contributed by atoms with van der Waals surface area (Å²) in [5.41, 5.74) is 1.62. The number of ether oxygens (including phenoxy) is 1.